The first-order chi connectivity index (χ1) is 14.9. The molecule has 2 heterocycles. The van der Waals surface area contributed by atoms with Crippen molar-refractivity contribution in [2.45, 2.75) is 27.3 Å². The van der Waals surface area contributed by atoms with Gasteiger partial charge in [-0.2, -0.15) is 10.1 Å². The van der Waals surface area contributed by atoms with E-state index in [9.17, 15) is 4.79 Å². The molecule has 1 amide bonds. The van der Waals surface area contributed by atoms with Gasteiger partial charge in [0.2, 0.25) is 5.95 Å². The van der Waals surface area contributed by atoms with Crippen LogP contribution in [-0.4, -0.2) is 38.0 Å². The van der Waals surface area contributed by atoms with Crippen LogP contribution in [0.25, 0.3) is 22.3 Å². The monoisotopic (exact) mass is 419 g/mol. The molecule has 0 aliphatic carbocycles. The number of H-pyrrole nitrogens is 1. The van der Waals surface area contributed by atoms with Crippen molar-refractivity contribution in [3.05, 3.63) is 47.7 Å². The van der Waals surface area contributed by atoms with Crippen LogP contribution in [0.2, 0.25) is 0 Å². The number of aromatic amines is 1. The van der Waals surface area contributed by atoms with Gasteiger partial charge in [0.1, 0.15) is 5.75 Å². The van der Waals surface area contributed by atoms with Crippen molar-refractivity contribution in [3.63, 3.8) is 0 Å². The largest absolute Gasteiger partial charge is 0.496 e. The van der Waals surface area contributed by atoms with E-state index in [-0.39, 0.29) is 0 Å². The Hall–Kier alpha value is -3.88. The first-order valence-corrected chi connectivity index (χ1v) is 10.00. The molecule has 31 heavy (non-hydrogen) atoms. The van der Waals surface area contributed by atoms with Gasteiger partial charge in [0.15, 0.2) is 5.82 Å². The first kappa shape index (κ1) is 20.4. The predicted octanol–water partition coefficient (Wildman–Crippen LogP) is 3.64. The standard InChI is InChI=1S/C22H25N7O2/c1-12(2)11-29-22(25-17-7-8-18-16(13(17)3)10-24-27-18)26-21(28-29)14-5-6-15(20(23)30)19(9-14)31-4/h5-10,12H,11H2,1-4H3,(H2,23,30)(H,24,27)(H,25,26,28). The van der Waals surface area contributed by atoms with E-state index in [0.717, 1.165) is 27.7 Å². The van der Waals surface area contributed by atoms with Crippen molar-refractivity contribution in [2.75, 3.05) is 12.4 Å². The molecule has 0 spiro atoms. The molecule has 4 rings (SSSR count). The van der Waals surface area contributed by atoms with Crippen LogP contribution in [0.15, 0.2) is 36.5 Å². The van der Waals surface area contributed by atoms with Crippen molar-refractivity contribution >= 4 is 28.4 Å². The number of anilines is 2. The van der Waals surface area contributed by atoms with Crippen LogP contribution in [-0.2, 0) is 6.54 Å². The molecule has 0 atom stereocenters. The Morgan fingerprint density at radius 3 is 2.81 bits per heavy atom. The molecule has 0 fully saturated rings. The summed E-state index contributed by atoms with van der Waals surface area (Å²) < 4.78 is 7.18. The van der Waals surface area contributed by atoms with Crippen molar-refractivity contribution in [1.82, 2.24) is 25.0 Å². The summed E-state index contributed by atoms with van der Waals surface area (Å²) in [6.07, 6.45) is 1.81. The molecule has 0 aliphatic rings. The molecule has 4 N–H and O–H groups in total. The van der Waals surface area contributed by atoms with Crippen LogP contribution in [0.3, 0.4) is 0 Å². The number of carbonyl (C=O) groups is 1. The third-order valence-corrected chi connectivity index (χ3v) is 5.07. The molecular formula is C22H25N7O2. The Morgan fingerprint density at radius 2 is 2.10 bits per heavy atom. The van der Waals surface area contributed by atoms with Gasteiger partial charge in [-0.15, -0.1) is 5.10 Å². The number of fused-ring (bicyclic) bond motifs is 1. The zero-order valence-electron chi connectivity index (χ0n) is 17.9. The van der Waals surface area contributed by atoms with E-state index in [2.05, 4.69) is 29.4 Å². The van der Waals surface area contributed by atoms with Crippen molar-refractivity contribution in [2.24, 2.45) is 11.7 Å². The first-order valence-electron chi connectivity index (χ1n) is 10.00. The van der Waals surface area contributed by atoms with Gasteiger partial charge in [-0.05, 0) is 42.7 Å². The zero-order chi connectivity index (χ0) is 22.1. The number of benzene rings is 2. The number of hydrogen-bond acceptors (Lipinski definition) is 6. The van der Waals surface area contributed by atoms with Gasteiger partial charge in [0, 0.05) is 23.2 Å². The quantitative estimate of drug-likeness (QED) is 0.420. The third kappa shape index (κ3) is 3.94. The smallest absolute Gasteiger partial charge is 0.252 e. The molecule has 0 radical (unpaired) electrons. The number of nitrogens with two attached hydrogens (primary N) is 1. The summed E-state index contributed by atoms with van der Waals surface area (Å²) in [6.45, 7) is 6.98. The van der Waals surface area contributed by atoms with Crippen molar-refractivity contribution in [3.8, 4) is 17.1 Å². The molecule has 9 nitrogen and oxygen atoms in total. The number of aryl methyl sites for hydroxylation is 1. The van der Waals surface area contributed by atoms with Crippen molar-refractivity contribution < 1.29 is 9.53 Å². The third-order valence-electron chi connectivity index (χ3n) is 5.07. The number of carbonyl (C=O) groups excluding carboxylic acids is 1. The van der Waals surface area contributed by atoms with Crippen LogP contribution < -0.4 is 15.8 Å². The number of amides is 1. The second-order valence-corrected chi connectivity index (χ2v) is 7.81. The van der Waals surface area contributed by atoms with Gasteiger partial charge in [-0.3, -0.25) is 9.89 Å². The molecule has 0 bridgehead atoms. The Labute approximate surface area is 179 Å². The average molecular weight is 419 g/mol. The van der Waals surface area contributed by atoms with Gasteiger partial charge in [0.25, 0.3) is 5.91 Å². The van der Waals surface area contributed by atoms with E-state index in [1.54, 1.807) is 18.2 Å². The number of methoxy groups -OCH3 is 1. The van der Waals surface area contributed by atoms with Gasteiger partial charge in [-0.25, -0.2) is 4.68 Å². The van der Waals surface area contributed by atoms with Crippen molar-refractivity contribution in [1.29, 1.82) is 0 Å². The molecule has 0 aliphatic heterocycles. The molecule has 160 valence electrons. The second-order valence-electron chi connectivity index (χ2n) is 7.81. The maximum atomic E-state index is 11.6. The van der Waals surface area contributed by atoms with Crippen LogP contribution >= 0.6 is 0 Å². The summed E-state index contributed by atoms with van der Waals surface area (Å²) in [5, 5.41) is 16.3. The van der Waals surface area contributed by atoms with E-state index in [1.807, 2.05) is 29.9 Å². The van der Waals surface area contributed by atoms with Crippen LogP contribution in [0, 0.1) is 12.8 Å². The Kier molecular flexibility index (Phi) is 5.33. The lowest BCUT2D eigenvalue weighted by Crippen LogP contribution is -2.12. The normalized spacial score (nSPS) is 11.3. The minimum atomic E-state index is -0.547. The van der Waals surface area contributed by atoms with Gasteiger partial charge in [-0.1, -0.05) is 19.9 Å². The summed E-state index contributed by atoms with van der Waals surface area (Å²) in [7, 11) is 1.50. The number of ether oxygens (including phenoxy) is 1. The fourth-order valence-corrected chi connectivity index (χ4v) is 3.48. The van der Waals surface area contributed by atoms with E-state index in [1.165, 1.54) is 7.11 Å². The molecular weight excluding hydrogens is 394 g/mol. The minimum Gasteiger partial charge on any atom is -0.496 e. The van der Waals surface area contributed by atoms with E-state index >= 15 is 0 Å². The number of rotatable bonds is 7. The highest BCUT2D eigenvalue weighted by Gasteiger charge is 2.17. The highest BCUT2D eigenvalue weighted by atomic mass is 16.5. The lowest BCUT2D eigenvalue weighted by Gasteiger charge is -2.12. The van der Waals surface area contributed by atoms with Crippen LogP contribution in [0.1, 0.15) is 29.8 Å². The lowest BCUT2D eigenvalue weighted by atomic mass is 10.1. The highest BCUT2D eigenvalue weighted by Crippen LogP contribution is 2.29. The fourth-order valence-electron chi connectivity index (χ4n) is 3.48. The maximum Gasteiger partial charge on any atom is 0.252 e. The second kappa shape index (κ2) is 8.10. The highest BCUT2D eigenvalue weighted by molar-refractivity contribution is 5.96. The van der Waals surface area contributed by atoms with Crippen LogP contribution in [0.5, 0.6) is 5.75 Å². The van der Waals surface area contributed by atoms with Gasteiger partial charge in [0.05, 0.1) is 24.4 Å². The number of nitrogens with one attached hydrogen (secondary N) is 2. The van der Waals surface area contributed by atoms with E-state index in [4.69, 9.17) is 20.6 Å². The Morgan fingerprint density at radius 1 is 1.29 bits per heavy atom. The molecule has 0 saturated heterocycles. The summed E-state index contributed by atoms with van der Waals surface area (Å²) in [4.78, 5) is 16.3. The molecule has 2 aromatic heterocycles. The number of primary amides is 1. The zero-order valence-corrected chi connectivity index (χ0v) is 17.9. The SMILES string of the molecule is COc1cc(-c2nc(Nc3ccc4[nH]ncc4c3C)n(CC(C)C)n2)ccc1C(N)=O. The minimum absolute atomic E-state index is 0.315. The summed E-state index contributed by atoms with van der Waals surface area (Å²) in [5.41, 5.74) is 9.45. The summed E-state index contributed by atoms with van der Waals surface area (Å²) >= 11 is 0. The van der Waals surface area contributed by atoms with Gasteiger partial charge >= 0.3 is 0 Å². The Bertz CT molecular complexity index is 1260. The topological polar surface area (TPSA) is 124 Å². The number of hydrogen-bond donors (Lipinski definition) is 3. The number of nitrogens with zero attached hydrogens (tertiary/aromatic N) is 4. The molecule has 9 heteroatoms. The molecule has 0 saturated carbocycles. The fraction of sp³-hybridized carbons (Fsp3) is 0.273. The predicted molar refractivity (Wildman–Crippen MR) is 119 cm³/mol. The summed E-state index contributed by atoms with van der Waals surface area (Å²) in [5.74, 6) is 1.38. The van der Waals surface area contributed by atoms with E-state index in [0.29, 0.717) is 35.5 Å². The Balaban J connectivity index is 1.74. The van der Waals surface area contributed by atoms with E-state index < -0.39 is 5.91 Å². The molecule has 0 unspecified atom stereocenters. The van der Waals surface area contributed by atoms with Crippen LogP contribution in [0.4, 0.5) is 11.6 Å². The average Bonchev–Trinajstić information content (AvgIpc) is 3.37. The summed E-state index contributed by atoms with van der Waals surface area (Å²) in [6, 6.07) is 9.10. The number of aromatic nitrogens is 5. The van der Waals surface area contributed by atoms with Gasteiger partial charge < -0.3 is 15.8 Å². The molecule has 4 aromatic rings. The maximum absolute atomic E-state index is 11.6. The molecule has 2 aromatic carbocycles. The lowest BCUT2D eigenvalue weighted by molar-refractivity contribution is 0.0997.